The Kier molecular flexibility index (Phi) is 4.93. The summed E-state index contributed by atoms with van der Waals surface area (Å²) in [4.78, 5) is 10.7. The fraction of sp³-hybridized carbons (Fsp3) is 0.250. The molecule has 0 aromatic heterocycles. The Morgan fingerprint density at radius 3 is 2.93 bits per heavy atom. The minimum atomic E-state index is 0.107. The summed E-state index contributed by atoms with van der Waals surface area (Å²) in [6, 6.07) is 5.93. The van der Waals surface area contributed by atoms with Crippen LogP contribution in [-0.2, 0) is 4.79 Å². The number of hydrogen-bond donors (Lipinski definition) is 0. The lowest BCUT2D eigenvalue weighted by atomic mass is 10.1. The molecule has 0 bridgehead atoms. The van der Waals surface area contributed by atoms with Crippen molar-refractivity contribution in [2.75, 3.05) is 5.75 Å². The van der Waals surface area contributed by atoms with Crippen molar-refractivity contribution in [3.63, 3.8) is 0 Å². The van der Waals surface area contributed by atoms with Gasteiger partial charge in [0, 0.05) is 17.0 Å². The van der Waals surface area contributed by atoms with Gasteiger partial charge in [-0.3, -0.25) is 4.79 Å². The molecule has 0 fully saturated rings. The molecule has 0 heterocycles. The lowest BCUT2D eigenvalue weighted by molar-refractivity contribution is -0.109. The van der Waals surface area contributed by atoms with Crippen molar-refractivity contribution >= 4 is 32.8 Å². The number of thioether (sulfide) groups is 1. The van der Waals surface area contributed by atoms with E-state index in [4.69, 9.17) is 0 Å². The molecule has 3 heteroatoms. The van der Waals surface area contributed by atoms with Crippen LogP contribution in [0.2, 0.25) is 0 Å². The summed E-state index contributed by atoms with van der Waals surface area (Å²) in [5.74, 6) is 6.59. The molecule has 1 aromatic rings. The standard InChI is InChI=1S/C12H11BrOS/c1-9-11(5-3-7-12(9)13)6-4-8-15-10(2)14/h3,5,7H,8H2,1-2H3. The second kappa shape index (κ2) is 5.99. The van der Waals surface area contributed by atoms with E-state index in [0.717, 1.165) is 15.6 Å². The summed E-state index contributed by atoms with van der Waals surface area (Å²) in [7, 11) is 0. The number of rotatable bonds is 1. The van der Waals surface area contributed by atoms with Crippen molar-refractivity contribution in [1.29, 1.82) is 0 Å². The van der Waals surface area contributed by atoms with E-state index in [-0.39, 0.29) is 5.12 Å². The summed E-state index contributed by atoms with van der Waals surface area (Å²) < 4.78 is 1.06. The summed E-state index contributed by atoms with van der Waals surface area (Å²) in [6.07, 6.45) is 0. The highest BCUT2D eigenvalue weighted by Crippen LogP contribution is 2.18. The molecule has 0 amide bonds. The van der Waals surface area contributed by atoms with E-state index >= 15 is 0 Å². The van der Waals surface area contributed by atoms with Gasteiger partial charge in [-0.25, -0.2) is 0 Å². The van der Waals surface area contributed by atoms with Gasteiger partial charge in [0.15, 0.2) is 5.12 Å². The third-order valence-electron chi connectivity index (χ3n) is 1.84. The van der Waals surface area contributed by atoms with E-state index < -0.39 is 0 Å². The van der Waals surface area contributed by atoms with Gasteiger partial charge in [-0.1, -0.05) is 45.6 Å². The average Bonchev–Trinajstić information content (AvgIpc) is 2.18. The number of carbonyl (C=O) groups excluding carboxylic acids is 1. The van der Waals surface area contributed by atoms with E-state index in [1.807, 2.05) is 25.1 Å². The number of benzene rings is 1. The summed E-state index contributed by atoms with van der Waals surface area (Å²) in [5, 5.41) is 0.107. The second-order valence-corrected chi connectivity index (χ2v) is 5.00. The zero-order chi connectivity index (χ0) is 11.3. The van der Waals surface area contributed by atoms with Crippen molar-refractivity contribution in [2.24, 2.45) is 0 Å². The molecule has 0 aliphatic heterocycles. The third kappa shape index (κ3) is 4.11. The van der Waals surface area contributed by atoms with Crippen LogP contribution >= 0.6 is 27.7 Å². The first-order valence-corrected chi connectivity index (χ1v) is 6.26. The van der Waals surface area contributed by atoms with Crippen molar-refractivity contribution in [1.82, 2.24) is 0 Å². The van der Waals surface area contributed by atoms with E-state index in [9.17, 15) is 4.79 Å². The predicted molar refractivity (Wildman–Crippen MR) is 68.9 cm³/mol. The summed E-state index contributed by atoms with van der Waals surface area (Å²) >= 11 is 4.69. The van der Waals surface area contributed by atoms with Gasteiger partial charge >= 0.3 is 0 Å². The Balaban J connectivity index is 2.72. The van der Waals surface area contributed by atoms with Crippen molar-refractivity contribution in [3.8, 4) is 11.8 Å². The molecule has 0 saturated heterocycles. The minimum absolute atomic E-state index is 0.107. The Bertz CT molecular complexity index is 429. The van der Waals surface area contributed by atoms with E-state index in [2.05, 4.69) is 27.8 Å². The maximum atomic E-state index is 10.7. The Morgan fingerprint density at radius 1 is 1.53 bits per heavy atom. The highest BCUT2D eigenvalue weighted by Gasteiger charge is 1.97. The van der Waals surface area contributed by atoms with E-state index in [1.54, 1.807) is 6.92 Å². The lowest BCUT2D eigenvalue weighted by Crippen LogP contribution is -1.85. The smallest absolute Gasteiger partial charge is 0.186 e. The molecule has 0 spiro atoms. The monoisotopic (exact) mass is 282 g/mol. The van der Waals surface area contributed by atoms with Crippen molar-refractivity contribution in [3.05, 3.63) is 33.8 Å². The zero-order valence-corrected chi connectivity index (χ0v) is 11.0. The molecule has 78 valence electrons. The van der Waals surface area contributed by atoms with Crippen LogP contribution in [0.25, 0.3) is 0 Å². The fourth-order valence-corrected chi connectivity index (χ4v) is 1.73. The third-order valence-corrected chi connectivity index (χ3v) is 3.39. The normalized spacial score (nSPS) is 9.27. The Labute approximate surface area is 103 Å². The maximum Gasteiger partial charge on any atom is 0.186 e. The topological polar surface area (TPSA) is 17.1 Å². The fourth-order valence-electron chi connectivity index (χ4n) is 1.01. The summed E-state index contributed by atoms with van der Waals surface area (Å²) in [5.41, 5.74) is 2.14. The molecule has 0 atom stereocenters. The highest BCUT2D eigenvalue weighted by molar-refractivity contribution is 9.10. The van der Waals surface area contributed by atoms with Crippen LogP contribution in [0.5, 0.6) is 0 Å². The molecule has 15 heavy (non-hydrogen) atoms. The molecule has 1 aromatic carbocycles. The van der Waals surface area contributed by atoms with Crippen molar-refractivity contribution < 1.29 is 4.79 Å². The molecule has 1 nitrogen and oxygen atoms in total. The van der Waals surface area contributed by atoms with Crippen LogP contribution in [0, 0.1) is 18.8 Å². The minimum Gasteiger partial charge on any atom is -0.288 e. The first-order chi connectivity index (χ1) is 7.11. The first-order valence-electron chi connectivity index (χ1n) is 4.48. The van der Waals surface area contributed by atoms with Gasteiger partial charge in [-0.2, -0.15) is 0 Å². The summed E-state index contributed by atoms with van der Waals surface area (Å²) in [6.45, 7) is 3.57. The predicted octanol–water partition coefficient (Wildman–Crippen LogP) is 3.39. The Morgan fingerprint density at radius 2 is 2.27 bits per heavy atom. The lowest BCUT2D eigenvalue weighted by Gasteiger charge is -1.99. The molecule has 0 saturated carbocycles. The molecule has 0 aliphatic rings. The van der Waals surface area contributed by atoms with Crippen molar-refractivity contribution in [2.45, 2.75) is 13.8 Å². The number of hydrogen-bond acceptors (Lipinski definition) is 2. The van der Waals surface area contributed by atoms with Gasteiger partial charge in [-0.15, -0.1) is 0 Å². The van der Waals surface area contributed by atoms with Gasteiger partial charge in [0.2, 0.25) is 0 Å². The molecule has 0 aliphatic carbocycles. The van der Waals surface area contributed by atoms with Gasteiger partial charge in [0.25, 0.3) is 0 Å². The van der Waals surface area contributed by atoms with Gasteiger partial charge in [0.1, 0.15) is 0 Å². The van der Waals surface area contributed by atoms with E-state index in [1.165, 1.54) is 11.8 Å². The molecular formula is C12H11BrOS. The zero-order valence-electron chi connectivity index (χ0n) is 8.63. The maximum absolute atomic E-state index is 10.7. The van der Waals surface area contributed by atoms with Crippen LogP contribution in [-0.4, -0.2) is 10.9 Å². The van der Waals surface area contributed by atoms with Crippen LogP contribution in [0.3, 0.4) is 0 Å². The largest absolute Gasteiger partial charge is 0.288 e. The van der Waals surface area contributed by atoms with Gasteiger partial charge < -0.3 is 0 Å². The van der Waals surface area contributed by atoms with Crippen LogP contribution in [0.15, 0.2) is 22.7 Å². The van der Waals surface area contributed by atoms with Crippen LogP contribution < -0.4 is 0 Å². The SMILES string of the molecule is CC(=O)SCC#Cc1cccc(Br)c1C. The molecule has 1 rings (SSSR count). The first kappa shape index (κ1) is 12.4. The second-order valence-electron chi connectivity index (χ2n) is 2.99. The van der Waals surface area contributed by atoms with E-state index in [0.29, 0.717) is 5.75 Å². The molecule has 0 N–H and O–H groups in total. The molecular weight excluding hydrogens is 272 g/mol. The quantitative estimate of drug-likeness (QED) is 0.735. The Hall–Kier alpha value is -0.720. The highest BCUT2D eigenvalue weighted by atomic mass is 79.9. The molecule has 0 radical (unpaired) electrons. The number of carbonyl (C=O) groups is 1. The number of halogens is 1. The van der Waals surface area contributed by atoms with Gasteiger partial charge in [0.05, 0.1) is 5.75 Å². The van der Waals surface area contributed by atoms with Crippen LogP contribution in [0.1, 0.15) is 18.1 Å². The van der Waals surface area contributed by atoms with Gasteiger partial charge in [-0.05, 0) is 24.6 Å². The van der Waals surface area contributed by atoms with Crippen LogP contribution in [0.4, 0.5) is 0 Å². The molecule has 0 unspecified atom stereocenters. The average molecular weight is 283 g/mol.